The first-order valence-corrected chi connectivity index (χ1v) is 10.7. The molecule has 0 saturated heterocycles. The van der Waals surface area contributed by atoms with Crippen molar-refractivity contribution in [3.63, 3.8) is 0 Å². The molecule has 11 heteroatoms. The first kappa shape index (κ1) is 28.0. The topological polar surface area (TPSA) is 132 Å². The van der Waals surface area contributed by atoms with E-state index in [2.05, 4.69) is 0 Å². The lowest BCUT2D eigenvalue weighted by Crippen LogP contribution is -2.27. The molecule has 0 heterocycles. The van der Waals surface area contributed by atoms with Crippen LogP contribution >= 0.6 is 0 Å². The van der Waals surface area contributed by atoms with Crippen molar-refractivity contribution in [2.75, 3.05) is 35.0 Å². The van der Waals surface area contributed by atoms with Crippen molar-refractivity contribution in [3.05, 3.63) is 57.9 Å². The van der Waals surface area contributed by atoms with Crippen LogP contribution in [0, 0.1) is 5.82 Å². The van der Waals surface area contributed by atoms with Crippen molar-refractivity contribution in [2.24, 2.45) is 0 Å². The Labute approximate surface area is 206 Å². The van der Waals surface area contributed by atoms with Crippen LogP contribution in [-0.2, 0) is 23.7 Å². The van der Waals surface area contributed by atoms with E-state index >= 15 is 0 Å². The van der Waals surface area contributed by atoms with Crippen LogP contribution in [0.15, 0.2) is 24.3 Å². The maximum atomic E-state index is 13.7. The van der Waals surface area contributed by atoms with Gasteiger partial charge in [-0.2, -0.15) is 0 Å². The van der Waals surface area contributed by atoms with Crippen molar-refractivity contribution >= 4 is 29.8 Å². The fraction of sp³-hybridized carbons (Fsp3) is 0.320. The monoisotopic (exact) mass is 504 g/mol. The lowest BCUT2D eigenvalue weighted by Gasteiger charge is -2.22. The lowest BCUT2D eigenvalue weighted by atomic mass is 9.83. The van der Waals surface area contributed by atoms with Gasteiger partial charge in [0.25, 0.3) is 0 Å². The Morgan fingerprint density at radius 2 is 1.03 bits per heavy atom. The molecule has 0 atom stereocenters. The number of hydrogen-bond acceptors (Lipinski definition) is 10. The van der Waals surface area contributed by atoms with Gasteiger partial charge in [-0.15, -0.1) is 0 Å². The molecule has 0 bridgehead atoms. The first-order valence-electron chi connectivity index (χ1n) is 10.7. The summed E-state index contributed by atoms with van der Waals surface area (Å²) in [6.07, 6.45) is 1.14. The lowest BCUT2D eigenvalue weighted by molar-refractivity contribution is 0.0474. The summed E-state index contributed by atoms with van der Waals surface area (Å²) in [6, 6.07) is 4.48. The van der Waals surface area contributed by atoms with E-state index in [-0.39, 0.29) is 17.7 Å². The summed E-state index contributed by atoms with van der Waals surface area (Å²) in [6.45, 7) is 1.80. The van der Waals surface area contributed by atoms with Crippen molar-refractivity contribution in [3.8, 4) is 11.1 Å². The molecule has 0 fully saturated rings. The summed E-state index contributed by atoms with van der Waals surface area (Å²) in [4.78, 5) is 65.2. The number of carbonyl (C=O) groups excluding carboxylic acids is 5. The SMILES string of the molecule is CCCCOC(=O)c1c(C(=O)OC)c(C(=O)OC)c(C(=O)OC)c(C(=O)OC)c1-c1ccc(F)cc1. The number of esters is 5. The summed E-state index contributed by atoms with van der Waals surface area (Å²) < 4.78 is 38.3. The number of hydrogen-bond donors (Lipinski definition) is 0. The van der Waals surface area contributed by atoms with E-state index in [0.717, 1.165) is 40.6 Å². The number of ether oxygens (including phenoxy) is 5. The molecule has 0 aromatic heterocycles. The zero-order chi connectivity index (χ0) is 27.0. The highest BCUT2D eigenvalue weighted by Crippen LogP contribution is 2.38. The third-order valence-corrected chi connectivity index (χ3v) is 5.13. The van der Waals surface area contributed by atoms with E-state index in [1.54, 1.807) is 0 Å². The summed E-state index contributed by atoms with van der Waals surface area (Å²) >= 11 is 0. The predicted octanol–water partition coefficient (Wildman–Crippen LogP) is 3.60. The van der Waals surface area contributed by atoms with E-state index < -0.39 is 63.5 Å². The molecule has 2 rings (SSSR count). The molecule has 0 saturated carbocycles. The number of methoxy groups -OCH3 is 4. The van der Waals surface area contributed by atoms with Crippen LogP contribution in [0.5, 0.6) is 0 Å². The molecular weight excluding hydrogens is 479 g/mol. The average Bonchev–Trinajstić information content (AvgIpc) is 2.90. The van der Waals surface area contributed by atoms with E-state index in [9.17, 15) is 28.4 Å². The highest BCUT2D eigenvalue weighted by Gasteiger charge is 2.40. The predicted molar refractivity (Wildman–Crippen MR) is 122 cm³/mol. The Hall–Kier alpha value is -4.28. The summed E-state index contributed by atoms with van der Waals surface area (Å²) in [5.74, 6) is -6.56. The van der Waals surface area contributed by atoms with Crippen LogP contribution in [0.1, 0.15) is 71.6 Å². The average molecular weight is 504 g/mol. The quantitative estimate of drug-likeness (QED) is 0.283. The number of unbranched alkanes of at least 4 members (excludes halogenated alkanes) is 1. The first-order chi connectivity index (χ1) is 17.2. The van der Waals surface area contributed by atoms with Crippen molar-refractivity contribution in [1.29, 1.82) is 0 Å². The summed E-state index contributed by atoms with van der Waals surface area (Å²) in [5, 5.41) is 0. The van der Waals surface area contributed by atoms with Crippen LogP contribution in [0.4, 0.5) is 4.39 Å². The molecule has 192 valence electrons. The van der Waals surface area contributed by atoms with Crippen molar-refractivity contribution < 1.29 is 52.0 Å². The Bertz CT molecular complexity index is 1180. The number of benzene rings is 2. The Morgan fingerprint density at radius 1 is 0.639 bits per heavy atom. The van der Waals surface area contributed by atoms with Gasteiger partial charge < -0.3 is 23.7 Å². The van der Waals surface area contributed by atoms with Gasteiger partial charge in [0.05, 0.1) is 62.9 Å². The zero-order valence-electron chi connectivity index (χ0n) is 20.4. The van der Waals surface area contributed by atoms with E-state index in [1.165, 1.54) is 12.1 Å². The number of carbonyl (C=O) groups is 5. The molecular formula is C25H25FO10. The minimum Gasteiger partial charge on any atom is -0.465 e. The van der Waals surface area contributed by atoms with Gasteiger partial charge in [0.15, 0.2) is 0 Å². The largest absolute Gasteiger partial charge is 0.465 e. The van der Waals surface area contributed by atoms with Crippen LogP contribution < -0.4 is 0 Å². The summed E-state index contributed by atoms with van der Waals surface area (Å²) in [7, 11) is 3.93. The second kappa shape index (κ2) is 12.4. The van der Waals surface area contributed by atoms with Crippen LogP contribution in [-0.4, -0.2) is 64.9 Å². The number of rotatable bonds is 9. The Morgan fingerprint density at radius 3 is 1.44 bits per heavy atom. The van der Waals surface area contributed by atoms with Gasteiger partial charge in [0, 0.05) is 5.56 Å². The second-order valence-electron chi connectivity index (χ2n) is 7.21. The van der Waals surface area contributed by atoms with Crippen LogP contribution in [0.25, 0.3) is 11.1 Å². The molecule has 0 aliphatic heterocycles. The highest BCUT2D eigenvalue weighted by molar-refractivity contribution is 6.23. The minimum atomic E-state index is -1.24. The molecule has 0 amide bonds. The molecule has 2 aromatic carbocycles. The molecule has 2 aromatic rings. The zero-order valence-corrected chi connectivity index (χ0v) is 20.4. The fourth-order valence-corrected chi connectivity index (χ4v) is 3.47. The summed E-state index contributed by atoms with van der Waals surface area (Å²) in [5.41, 5.74) is -3.61. The smallest absolute Gasteiger partial charge is 0.339 e. The van der Waals surface area contributed by atoms with Gasteiger partial charge >= 0.3 is 29.8 Å². The van der Waals surface area contributed by atoms with Gasteiger partial charge in [-0.05, 0) is 24.1 Å². The van der Waals surface area contributed by atoms with Crippen molar-refractivity contribution in [1.82, 2.24) is 0 Å². The second-order valence-corrected chi connectivity index (χ2v) is 7.21. The van der Waals surface area contributed by atoms with Gasteiger partial charge in [0.1, 0.15) is 5.82 Å². The maximum absolute atomic E-state index is 13.7. The fourth-order valence-electron chi connectivity index (χ4n) is 3.47. The van der Waals surface area contributed by atoms with E-state index in [4.69, 9.17) is 23.7 Å². The molecule has 0 spiro atoms. The molecule has 10 nitrogen and oxygen atoms in total. The van der Waals surface area contributed by atoms with E-state index in [0.29, 0.717) is 12.8 Å². The normalized spacial score (nSPS) is 10.3. The highest BCUT2D eigenvalue weighted by atomic mass is 19.1. The van der Waals surface area contributed by atoms with E-state index in [1.807, 2.05) is 6.92 Å². The Balaban J connectivity index is 3.28. The molecule has 0 N–H and O–H groups in total. The third kappa shape index (κ3) is 5.51. The van der Waals surface area contributed by atoms with Crippen LogP contribution in [0.3, 0.4) is 0 Å². The Kier molecular flexibility index (Phi) is 9.66. The maximum Gasteiger partial charge on any atom is 0.339 e. The number of halogens is 1. The van der Waals surface area contributed by atoms with Crippen LogP contribution in [0.2, 0.25) is 0 Å². The molecule has 36 heavy (non-hydrogen) atoms. The van der Waals surface area contributed by atoms with Gasteiger partial charge in [-0.3, -0.25) is 0 Å². The minimum absolute atomic E-state index is 0.0333. The standard InChI is InChI=1S/C25H25FO10/c1-6-7-12-36-25(31)17-15(13-8-10-14(26)11-9-13)16(21(27)32-2)18(22(28)33-3)20(24(30)35-5)19(17)23(29)34-4/h8-11H,6-7,12H2,1-5H3. The molecule has 0 unspecified atom stereocenters. The molecule has 0 radical (unpaired) electrons. The molecule has 0 aliphatic rings. The van der Waals surface area contributed by atoms with Gasteiger partial charge in [-0.1, -0.05) is 25.5 Å². The third-order valence-electron chi connectivity index (χ3n) is 5.13. The van der Waals surface area contributed by atoms with Gasteiger partial charge in [-0.25, -0.2) is 28.4 Å². The van der Waals surface area contributed by atoms with Crippen molar-refractivity contribution in [2.45, 2.75) is 19.8 Å². The molecule has 0 aliphatic carbocycles. The van der Waals surface area contributed by atoms with Gasteiger partial charge in [0.2, 0.25) is 0 Å².